The van der Waals surface area contributed by atoms with E-state index in [-0.39, 0.29) is 6.61 Å². The Morgan fingerprint density at radius 3 is 2.19 bits per heavy atom. The number of hydrogen-bond donors (Lipinski definition) is 0. The molecule has 0 aromatic carbocycles. The van der Waals surface area contributed by atoms with Gasteiger partial charge in [-0.3, -0.25) is 9.59 Å². The molecular formula is C7H9F3O5P+. The maximum Gasteiger partial charge on any atom is 0.562 e. The summed E-state index contributed by atoms with van der Waals surface area (Å²) < 4.78 is 55.5. The van der Waals surface area contributed by atoms with Crippen molar-refractivity contribution in [3.63, 3.8) is 0 Å². The lowest BCUT2D eigenvalue weighted by molar-refractivity contribution is -0.180. The van der Waals surface area contributed by atoms with Gasteiger partial charge in [-0.25, -0.2) is 0 Å². The standard InChI is InChI=1S/C7H9F3O5P/c1-3-14-16(13)6(15-4(2)11)5(12)7(8,9)10/h6H,3H2,1-2H3/q+1. The van der Waals surface area contributed by atoms with Gasteiger partial charge in [0, 0.05) is 6.92 Å². The third kappa shape index (κ3) is 4.67. The van der Waals surface area contributed by atoms with Crippen LogP contribution >= 0.6 is 8.03 Å². The van der Waals surface area contributed by atoms with E-state index in [0.29, 0.717) is 0 Å². The highest BCUT2D eigenvalue weighted by Crippen LogP contribution is 2.35. The van der Waals surface area contributed by atoms with Crippen molar-refractivity contribution in [3.8, 4) is 0 Å². The first-order chi connectivity index (χ1) is 7.20. The minimum Gasteiger partial charge on any atom is -0.407 e. The third-order valence-corrected chi connectivity index (χ3v) is 2.46. The molecule has 0 aliphatic heterocycles. The molecule has 0 rings (SSSR count). The molecule has 0 aliphatic carbocycles. The van der Waals surface area contributed by atoms with Crippen LogP contribution in [0.2, 0.25) is 0 Å². The minimum atomic E-state index is -5.23. The van der Waals surface area contributed by atoms with Gasteiger partial charge in [0.2, 0.25) is 0 Å². The van der Waals surface area contributed by atoms with Gasteiger partial charge in [0.25, 0.3) is 0 Å². The first-order valence-corrected chi connectivity index (χ1v) is 5.32. The minimum absolute atomic E-state index is 0.169. The number of halogens is 3. The quantitative estimate of drug-likeness (QED) is 0.557. The van der Waals surface area contributed by atoms with E-state index in [1.54, 1.807) is 0 Å². The molecule has 0 saturated carbocycles. The Morgan fingerprint density at radius 1 is 1.38 bits per heavy atom. The lowest BCUT2D eigenvalue weighted by atomic mass is 10.4. The zero-order valence-electron chi connectivity index (χ0n) is 8.41. The van der Waals surface area contributed by atoms with Gasteiger partial charge in [-0.2, -0.15) is 13.2 Å². The Bertz CT molecular complexity index is 301. The predicted molar refractivity (Wildman–Crippen MR) is 45.8 cm³/mol. The van der Waals surface area contributed by atoms with Gasteiger partial charge in [-0.15, -0.1) is 4.52 Å². The van der Waals surface area contributed by atoms with E-state index in [1.165, 1.54) is 6.92 Å². The van der Waals surface area contributed by atoms with Crippen LogP contribution in [0, 0.1) is 0 Å². The van der Waals surface area contributed by atoms with Gasteiger partial charge < -0.3 is 4.74 Å². The molecule has 9 heteroatoms. The maximum absolute atomic E-state index is 12.0. The molecule has 0 fully saturated rings. The summed E-state index contributed by atoms with van der Waals surface area (Å²) in [6.07, 6.45) is -5.23. The average Bonchev–Trinajstić information content (AvgIpc) is 2.11. The highest BCUT2D eigenvalue weighted by Gasteiger charge is 2.55. The smallest absolute Gasteiger partial charge is 0.407 e. The Labute approximate surface area is 89.8 Å². The molecule has 16 heavy (non-hydrogen) atoms. The molecule has 0 aliphatic rings. The molecule has 0 bridgehead atoms. The number of esters is 1. The maximum atomic E-state index is 12.0. The third-order valence-electron chi connectivity index (χ3n) is 1.23. The number of ketones is 1. The van der Waals surface area contributed by atoms with E-state index in [4.69, 9.17) is 0 Å². The molecule has 0 aromatic rings. The summed E-state index contributed by atoms with van der Waals surface area (Å²) in [5, 5.41) is 0. The number of hydrogen-bond acceptors (Lipinski definition) is 5. The van der Waals surface area contributed by atoms with E-state index in [1.807, 2.05) is 0 Å². The van der Waals surface area contributed by atoms with Crippen molar-refractivity contribution in [2.24, 2.45) is 0 Å². The Balaban J connectivity index is 4.87. The number of rotatable bonds is 5. The van der Waals surface area contributed by atoms with Crippen LogP contribution in [0.1, 0.15) is 13.8 Å². The number of carbonyl (C=O) groups is 2. The van der Waals surface area contributed by atoms with Gasteiger partial charge >= 0.3 is 31.8 Å². The van der Waals surface area contributed by atoms with Crippen LogP contribution in [0.5, 0.6) is 0 Å². The van der Waals surface area contributed by atoms with E-state index in [2.05, 4.69) is 9.26 Å². The van der Waals surface area contributed by atoms with Crippen LogP contribution in [0.15, 0.2) is 0 Å². The first-order valence-electron chi connectivity index (χ1n) is 4.07. The summed E-state index contributed by atoms with van der Waals surface area (Å²) in [4.78, 5) is 21.2. The molecule has 0 radical (unpaired) electrons. The molecule has 0 aromatic heterocycles. The molecule has 0 spiro atoms. The fourth-order valence-electron chi connectivity index (χ4n) is 0.684. The Kier molecular flexibility index (Phi) is 5.53. The summed E-state index contributed by atoms with van der Waals surface area (Å²) in [6.45, 7) is 2.00. The normalized spacial score (nSPS) is 14.2. The molecule has 0 saturated heterocycles. The van der Waals surface area contributed by atoms with Gasteiger partial charge in [0.1, 0.15) is 0 Å². The zero-order chi connectivity index (χ0) is 12.9. The summed E-state index contributed by atoms with van der Waals surface area (Å²) in [7, 11) is -3.04. The van der Waals surface area contributed by atoms with Crippen molar-refractivity contribution in [1.82, 2.24) is 0 Å². The van der Waals surface area contributed by atoms with Crippen molar-refractivity contribution in [1.29, 1.82) is 0 Å². The predicted octanol–water partition coefficient (Wildman–Crippen LogP) is 1.79. The van der Waals surface area contributed by atoms with Gasteiger partial charge in [0.05, 0.1) is 6.61 Å². The fraction of sp³-hybridized carbons (Fsp3) is 0.714. The van der Waals surface area contributed by atoms with Crippen molar-refractivity contribution in [2.45, 2.75) is 25.9 Å². The summed E-state index contributed by atoms with van der Waals surface area (Å²) in [5.41, 5.74) is 0. The molecular weight excluding hydrogens is 252 g/mol. The summed E-state index contributed by atoms with van der Waals surface area (Å²) >= 11 is 0. The van der Waals surface area contributed by atoms with Crippen molar-refractivity contribution in [2.75, 3.05) is 6.61 Å². The molecule has 5 nitrogen and oxygen atoms in total. The molecule has 2 unspecified atom stereocenters. The van der Waals surface area contributed by atoms with Crippen molar-refractivity contribution in [3.05, 3.63) is 0 Å². The molecule has 92 valence electrons. The molecule has 2 atom stereocenters. The fourth-order valence-corrected chi connectivity index (χ4v) is 1.65. The Hall–Kier alpha value is -1.01. The van der Waals surface area contributed by atoms with E-state index in [9.17, 15) is 27.3 Å². The summed E-state index contributed by atoms with van der Waals surface area (Å²) in [6, 6.07) is 0. The first kappa shape index (κ1) is 15.0. The van der Waals surface area contributed by atoms with Crippen LogP contribution in [-0.2, 0) is 23.4 Å². The lowest BCUT2D eigenvalue weighted by Crippen LogP contribution is -2.35. The highest BCUT2D eigenvalue weighted by molar-refractivity contribution is 7.41. The average molecular weight is 261 g/mol. The number of carbonyl (C=O) groups excluding carboxylic acids is 2. The molecule has 0 amide bonds. The van der Waals surface area contributed by atoms with Crippen LogP contribution in [0.25, 0.3) is 0 Å². The van der Waals surface area contributed by atoms with Crippen LogP contribution in [-0.4, -0.2) is 30.4 Å². The van der Waals surface area contributed by atoms with Gasteiger partial charge in [0.15, 0.2) is 0 Å². The van der Waals surface area contributed by atoms with E-state index < -0.39 is 31.8 Å². The van der Waals surface area contributed by atoms with Crippen molar-refractivity contribution >= 4 is 19.8 Å². The molecule has 0 N–H and O–H groups in total. The van der Waals surface area contributed by atoms with E-state index >= 15 is 0 Å². The second-order valence-corrected chi connectivity index (χ2v) is 3.82. The largest absolute Gasteiger partial charge is 0.562 e. The van der Waals surface area contributed by atoms with Crippen LogP contribution in [0.3, 0.4) is 0 Å². The monoisotopic (exact) mass is 261 g/mol. The SMILES string of the molecule is CCO[P+](=O)C(OC(C)=O)C(=O)C(F)(F)F. The van der Waals surface area contributed by atoms with Crippen LogP contribution < -0.4 is 0 Å². The topological polar surface area (TPSA) is 69.7 Å². The van der Waals surface area contributed by atoms with Gasteiger partial charge in [-0.1, -0.05) is 0 Å². The van der Waals surface area contributed by atoms with Crippen molar-refractivity contribution < 1.29 is 36.6 Å². The zero-order valence-corrected chi connectivity index (χ0v) is 9.30. The number of ether oxygens (including phenoxy) is 1. The molecule has 0 heterocycles. The van der Waals surface area contributed by atoms with Gasteiger partial charge in [-0.05, 0) is 11.5 Å². The highest BCUT2D eigenvalue weighted by atomic mass is 31.1. The number of alkyl halides is 3. The van der Waals surface area contributed by atoms with E-state index in [0.717, 1.165) is 6.92 Å². The lowest BCUT2D eigenvalue weighted by Gasteiger charge is -2.07. The second kappa shape index (κ2) is 5.91. The second-order valence-electron chi connectivity index (χ2n) is 2.53. The number of Topliss-reactive ketones (excluding diaryl/α,β-unsaturated/α-hetero) is 1. The van der Waals surface area contributed by atoms with Crippen LogP contribution in [0.4, 0.5) is 13.2 Å². The Morgan fingerprint density at radius 2 is 1.88 bits per heavy atom. The summed E-state index contributed by atoms with van der Waals surface area (Å²) in [5.74, 6) is -5.99.